The van der Waals surface area contributed by atoms with Crippen LogP contribution in [0, 0.1) is 6.92 Å². The summed E-state index contributed by atoms with van der Waals surface area (Å²) in [6, 6.07) is 5.35. The predicted octanol–water partition coefficient (Wildman–Crippen LogP) is 3.79. The number of rotatable bonds is 7. The number of carbonyl (C=O) groups excluding carboxylic acids is 1. The summed E-state index contributed by atoms with van der Waals surface area (Å²) in [5.74, 6) is -0.115. The van der Waals surface area contributed by atoms with Crippen molar-refractivity contribution in [3.63, 3.8) is 0 Å². The first kappa shape index (κ1) is 15.5. The summed E-state index contributed by atoms with van der Waals surface area (Å²) in [5, 5.41) is 12.9. The molecule has 2 N–H and O–H groups in total. The van der Waals surface area contributed by atoms with Gasteiger partial charge in [0.1, 0.15) is 5.75 Å². The maximum Gasteiger partial charge on any atom is 0.255 e. The van der Waals surface area contributed by atoms with E-state index in [2.05, 4.69) is 19.2 Å². The third kappa shape index (κ3) is 4.93. The van der Waals surface area contributed by atoms with Crippen LogP contribution < -0.4 is 5.32 Å². The largest absolute Gasteiger partial charge is 0.507 e. The van der Waals surface area contributed by atoms with Gasteiger partial charge in [0.05, 0.1) is 5.56 Å². The molecule has 0 heterocycles. The van der Waals surface area contributed by atoms with Crippen molar-refractivity contribution in [2.75, 3.05) is 0 Å². The molecule has 0 fully saturated rings. The molecule has 0 radical (unpaired) electrons. The maximum absolute atomic E-state index is 12.2. The molecule has 0 saturated heterocycles. The third-order valence-corrected chi connectivity index (χ3v) is 3.28. The molecule has 0 saturated carbocycles. The van der Waals surface area contributed by atoms with E-state index >= 15 is 0 Å². The minimum Gasteiger partial charge on any atom is -0.507 e. The summed E-state index contributed by atoms with van der Waals surface area (Å²) in [5.41, 5.74) is 1.31. The van der Waals surface area contributed by atoms with Gasteiger partial charge in [-0.3, -0.25) is 4.79 Å². The minimum absolute atomic E-state index is 0.0586. The predicted molar refractivity (Wildman–Crippen MR) is 78.5 cm³/mol. The van der Waals surface area contributed by atoms with Crippen LogP contribution in [0.3, 0.4) is 0 Å². The van der Waals surface area contributed by atoms with Crippen LogP contribution in [0.1, 0.15) is 61.9 Å². The van der Waals surface area contributed by atoms with Crippen LogP contribution in [0.5, 0.6) is 5.75 Å². The number of unbranched alkanes of at least 4 members (excludes halogenated alkanes) is 1. The molecule has 1 unspecified atom stereocenters. The number of phenolic OH excluding ortho intramolecular Hbond substituents is 1. The van der Waals surface area contributed by atoms with E-state index in [0.29, 0.717) is 5.56 Å². The smallest absolute Gasteiger partial charge is 0.255 e. The van der Waals surface area contributed by atoms with Gasteiger partial charge < -0.3 is 10.4 Å². The van der Waals surface area contributed by atoms with E-state index in [4.69, 9.17) is 0 Å². The minimum atomic E-state index is -0.174. The first-order valence-corrected chi connectivity index (χ1v) is 7.19. The highest BCUT2D eigenvalue weighted by atomic mass is 16.3. The van der Waals surface area contributed by atoms with E-state index in [0.717, 1.165) is 37.7 Å². The van der Waals surface area contributed by atoms with Crippen molar-refractivity contribution in [2.45, 2.75) is 58.9 Å². The maximum atomic E-state index is 12.2. The Morgan fingerprint density at radius 3 is 2.58 bits per heavy atom. The molecule has 0 aromatic heterocycles. The molecule has 1 amide bonds. The highest BCUT2D eigenvalue weighted by molar-refractivity contribution is 5.97. The van der Waals surface area contributed by atoms with Gasteiger partial charge in [0.25, 0.3) is 5.91 Å². The molecule has 0 aliphatic heterocycles. The first-order valence-electron chi connectivity index (χ1n) is 7.19. The zero-order chi connectivity index (χ0) is 14.3. The molecular formula is C16H25NO2. The fourth-order valence-electron chi connectivity index (χ4n) is 2.18. The number of amides is 1. The number of benzene rings is 1. The van der Waals surface area contributed by atoms with Crippen molar-refractivity contribution in [2.24, 2.45) is 0 Å². The lowest BCUT2D eigenvalue weighted by molar-refractivity contribution is 0.0929. The molecule has 3 heteroatoms. The van der Waals surface area contributed by atoms with Crippen molar-refractivity contribution in [1.29, 1.82) is 0 Å². The number of hydrogen-bond donors (Lipinski definition) is 2. The van der Waals surface area contributed by atoms with E-state index in [1.807, 2.05) is 13.0 Å². The van der Waals surface area contributed by atoms with Crippen LogP contribution in [0.15, 0.2) is 18.2 Å². The van der Waals surface area contributed by atoms with Gasteiger partial charge in [-0.1, -0.05) is 39.2 Å². The topological polar surface area (TPSA) is 49.3 Å². The monoisotopic (exact) mass is 263 g/mol. The fraction of sp³-hybridized carbons (Fsp3) is 0.562. The van der Waals surface area contributed by atoms with Gasteiger partial charge in [0.2, 0.25) is 0 Å². The Hall–Kier alpha value is -1.51. The zero-order valence-electron chi connectivity index (χ0n) is 12.2. The molecule has 19 heavy (non-hydrogen) atoms. The van der Waals surface area contributed by atoms with E-state index in [1.165, 1.54) is 0 Å². The molecule has 0 bridgehead atoms. The molecule has 1 rings (SSSR count). The van der Waals surface area contributed by atoms with Gasteiger partial charge in [0, 0.05) is 6.04 Å². The van der Waals surface area contributed by atoms with Gasteiger partial charge in [-0.15, -0.1) is 0 Å². The Balaban J connectivity index is 2.69. The lowest BCUT2D eigenvalue weighted by Gasteiger charge is -2.18. The van der Waals surface area contributed by atoms with Gasteiger partial charge in [-0.05, 0) is 37.5 Å². The molecule has 0 aliphatic rings. The summed E-state index contributed by atoms with van der Waals surface area (Å²) in [6.07, 6.45) is 5.28. The van der Waals surface area contributed by atoms with Gasteiger partial charge >= 0.3 is 0 Å². The highest BCUT2D eigenvalue weighted by Crippen LogP contribution is 2.19. The zero-order valence-corrected chi connectivity index (χ0v) is 12.2. The highest BCUT2D eigenvalue weighted by Gasteiger charge is 2.15. The van der Waals surface area contributed by atoms with Gasteiger partial charge in [0.15, 0.2) is 0 Å². The summed E-state index contributed by atoms with van der Waals surface area (Å²) in [6.45, 7) is 6.16. The van der Waals surface area contributed by atoms with Crippen molar-refractivity contribution < 1.29 is 9.90 Å². The van der Waals surface area contributed by atoms with E-state index in [-0.39, 0.29) is 17.7 Å². The summed E-state index contributed by atoms with van der Waals surface area (Å²) in [7, 11) is 0. The lowest BCUT2D eigenvalue weighted by Crippen LogP contribution is -2.34. The summed E-state index contributed by atoms with van der Waals surface area (Å²) in [4.78, 5) is 12.2. The summed E-state index contributed by atoms with van der Waals surface area (Å²) < 4.78 is 0. The van der Waals surface area contributed by atoms with E-state index in [9.17, 15) is 9.90 Å². The van der Waals surface area contributed by atoms with Gasteiger partial charge in [-0.25, -0.2) is 0 Å². The summed E-state index contributed by atoms with van der Waals surface area (Å²) >= 11 is 0. The standard InChI is InChI=1S/C16H25NO2/c1-4-6-8-13(7-5-2)17-16(19)14-10-9-12(3)11-15(14)18/h9-11,13,18H,4-8H2,1-3H3,(H,17,19). The number of carbonyl (C=O) groups is 1. The number of nitrogens with one attached hydrogen (secondary N) is 1. The van der Waals surface area contributed by atoms with Crippen molar-refractivity contribution >= 4 is 5.91 Å². The SMILES string of the molecule is CCCCC(CCC)NC(=O)c1ccc(C)cc1O. The van der Waals surface area contributed by atoms with Crippen molar-refractivity contribution in [3.05, 3.63) is 29.3 Å². The Kier molecular flexibility index (Phi) is 6.40. The van der Waals surface area contributed by atoms with Crippen LogP contribution in [-0.2, 0) is 0 Å². The quantitative estimate of drug-likeness (QED) is 0.786. The first-order chi connectivity index (χ1) is 9.08. The van der Waals surface area contributed by atoms with Crippen LogP contribution in [-0.4, -0.2) is 17.1 Å². The molecular weight excluding hydrogens is 238 g/mol. The van der Waals surface area contributed by atoms with Gasteiger partial charge in [-0.2, -0.15) is 0 Å². The van der Waals surface area contributed by atoms with Crippen LogP contribution in [0.4, 0.5) is 0 Å². The average Bonchev–Trinajstić information content (AvgIpc) is 2.36. The molecule has 1 aromatic rings. The van der Waals surface area contributed by atoms with E-state index in [1.54, 1.807) is 12.1 Å². The Bertz CT molecular complexity index is 415. The number of aromatic hydroxyl groups is 1. The lowest BCUT2D eigenvalue weighted by atomic mass is 10.0. The average molecular weight is 263 g/mol. The number of aryl methyl sites for hydroxylation is 1. The molecule has 1 atom stereocenters. The molecule has 106 valence electrons. The Morgan fingerprint density at radius 1 is 1.26 bits per heavy atom. The fourth-order valence-corrected chi connectivity index (χ4v) is 2.18. The van der Waals surface area contributed by atoms with Crippen molar-refractivity contribution in [3.8, 4) is 5.75 Å². The van der Waals surface area contributed by atoms with Crippen LogP contribution in [0.25, 0.3) is 0 Å². The molecule has 0 aliphatic carbocycles. The second-order valence-electron chi connectivity index (χ2n) is 5.12. The third-order valence-electron chi connectivity index (χ3n) is 3.28. The Labute approximate surface area is 116 Å². The molecule has 0 spiro atoms. The molecule has 1 aromatic carbocycles. The van der Waals surface area contributed by atoms with E-state index < -0.39 is 0 Å². The number of phenols is 1. The van der Waals surface area contributed by atoms with Crippen molar-refractivity contribution in [1.82, 2.24) is 5.32 Å². The number of hydrogen-bond acceptors (Lipinski definition) is 2. The van der Waals surface area contributed by atoms with Crippen LogP contribution >= 0.6 is 0 Å². The Morgan fingerprint density at radius 2 is 2.00 bits per heavy atom. The van der Waals surface area contributed by atoms with Crippen LogP contribution in [0.2, 0.25) is 0 Å². The normalized spacial score (nSPS) is 12.2. The second kappa shape index (κ2) is 7.82. The second-order valence-corrected chi connectivity index (χ2v) is 5.12. The molecule has 3 nitrogen and oxygen atoms in total.